The number of ether oxygens (including phenoxy) is 1. The third-order valence-corrected chi connectivity index (χ3v) is 3.66. The van der Waals surface area contributed by atoms with Crippen LogP contribution in [0.5, 0.6) is 0 Å². The molecule has 6 heteroatoms. The van der Waals surface area contributed by atoms with E-state index in [1.807, 2.05) is 6.92 Å². The van der Waals surface area contributed by atoms with Crippen LogP contribution in [-0.2, 0) is 11.3 Å². The van der Waals surface area contributed by atoms with E-state index in [0.717, 1.165) is 42.8 Å². The van der Waals surface area contributed by atoms with Crippen LogP contribution in [0.25, 0.3) is 0 Å². The van der Waals surface area contributed by atoms with Crippen LogP contribution >= 0.6 is 11.3 Å². The van der Waals surface area contributed by atoms with Gasteiger partial charge in [-0.3, -0.25) is 0 Å². The van der Waals surface area contributed by atoms with Crippen LogP contribution in [0, 0.1) is 13.8 Å². The van der Waals surface area contributed by atoms with E-state index < -0.39 is 0 Å². The molecule has 0 unspecified atom stereocenters. The first kappa shape index (κ1) is 15.9. The number of hydrogen-bond donors (Lipinski definition) is 2. The van der Waals surface area contributed by atoms with E-state index in [1.165, 1.54) is 4.88 Å². The van der Waals surface area contributed by atoms with Crippen molar-refractivity contribution in [2.45, 2.75) is 33.7 Å². The largest absolute Gasteiger partial charge is 0.385 e. The van der Waals surface area contributed by atoms with Gasteiger partial charge in [-0.15, -0.1) is 11.3 Å². The number of methoxy groups -OCH3 is 1. The number of aromatic nitrogens is 1. The van der Waals surface area contributed by atoms with Gasteiger partial charge < -0.3 is 15.4 Å². The maximum atomic E-state index is 5.02. The lowest BCUT2D eigenvalue weighted by Gasteiger charge is -2.10. The van der Waals surface area contributed by atoms with Gasteiger partial charge in [-0.25, -0.2) is 9.98 Å². The lowest BCUT2D eigenvalue weighted by molar-refractivity contribution is 0.195. The second-order valence-corrected chi connectivity index (χ2v) is 5.51. The summed E-state index contributed by atoms with van der Waals surface area (Å²) >= 11 is 1.71. The van der Waals surface area contributed by atoms with Gasteiger partial charge in [-0.05, 0) is 27.2 Å². The van der Waals surface area contributed by atoms with Gasteiger partial charge >= 0.3 is 0 Å². The Labute approximate surface area is 119 Å². The molecular formula is C13H24N4OS. The molecule has 0 saturated carbocycles. The van der Waals surface area contributed by atoms with Gasteiger partial charge in [0.05, 0.1) is 12.2 Å². The van der Waals surface area contributed by atoms with Crippen LogP contribution < -0.4 is 10.6 Å². The Morgan fingerprint density at radius 1 is 1.37 bits per heavy atom. The van der Waals surface area contributed by atoms with Gasteiger partial charge in [-0.1, -0.05) is 0 Å². The highest BCUT2D eigenvalue weighted by molar-refractivity contribution is 7.11. The first-order valence-electron chi connectivity index (χ1n) is 6.61. The summed E-state index contributed by atoms with van der Waals surface area (Å²) < 4.78 is 5.02. The first-order valence-corrected chi connectivity index (χ1v) is 7.43. The molecule has 1 aromatic heterocycles. The topological polar surface area (TPSA) is 58.5 Å². The number of nitrogens with one attached hydrogen (secondary N) is 2. The molecule has 19 heavy (non-hydrogen) atoms. The Kier molecular flexibility index (Phi) is 7.43. The Morgan fingerprint density at radius 2 is 2.16 bits per heavy atom. The normalized spacial score (nSPS) is 11.7. The lowest BCUT2D eigenvalue weighted by atomic mass is 10.4. The molecule has 0 fully saturated rings. The number of guanidine groups is 1. The highest BCUT2D eigenvalue weighted by Gasteiger charge is 2.03. The summed E-state index contributed by atoms with van der Waals surface area (Å²) in [6.07, 6.45) is 0.969. The number of hydrogen-bond acceptors (Lipinski definition) is 4. The zero-order valence-corrected chi connectivity index (χ0v) is 13.1. The van der Waals surface area contributed by atoms with E-state index in [1.54, 1.807) is 18.4 Å². The summed E-state index contributed by atoms with van der Waals surface area (Å²) in [6.45, 7) is 9.28. The fourth-order valence-electron chi connectivity index (χ4n) is 1.52. The molecule has 2 N–H and O–H groups in total. The van der Waals surface area contributed by atoms with E-state index in [4.69, 9.17) is 4.74 Å². The second kappa shape index (κ2) is 8.87. The average molecular weight is 284 g/mol. The molecule has 1 aromatic rings. The van der Waals surface area contributed by atoms with Crippen molar-refractivity contribution in [1.29, 1.82) is 0 Å². The fourth-order valence-corrected chi connectivity index (χ4v) is 2.38. The standard InChI is InChI=1S/C13H24N4OS/c1-5-14-13(15-7-6-8-18-4)16-9-12-17-10(2)11(3)19-12/h5-9H2,1-4H3,(H2,14,15,16). The predicted molar refractivity (Wildman–Crippen MR) is 80.9 cm³/mol. The summed E-state index contributed by atoms with van der Waals surface area (Å²) in [6, 6.07) is 0. The van der Waals surface area contributed by atoms with Crippen molar-refractivity contribution < 1.29 is 4.74 Å². The minimum absolute atomic E-state index is 0.624. The lowest BCUT2D eigenvalue weighted by Crippen LogP contribution is -2.38. The van der Waals surface area contributed by atoms with Crippen LogP contribution in [0.15, 0.2) is 4.99 Å². The minimum atomic E-state index is 0.624. The van der Waals surface area contributed by atoms with Crippen molar-refractivity contribution in [1.82, 2.24) is 15.6 Å². The Morgan fingerprint density at radius 3 is 2.74 bits per heavy atom. The van der Waals surface area contributed by atoms with E-state index in [2.05, 4.69) is 34.5 Å². The number of thiazole rings is 1. The smallest absolute Gasteiger partial charge is 0.191 e. The highest BCUT2D eigenvalue weighted by atomic mass is 32.1. The Bertz CT molecular complexity index is 384. The molecule has 0 spiro atoms. The van der Waals surface area contributed by atoms with Crippen molar-refractivity contribution >= 4 is 17.3 Å². The van der Waals surface area contributed by atoms with Gasteiger partial charge in [0.1, 0.15) is 5.01 Å². The van der Waals surface area contributed by atoms with Crippen LogP contribution in [0.1, 0.15) is 28.9 Å². The Hall–Kier alpha value is -1.14. The molecular weight excluding hydrogens is 260 g/mol. The van der Waals surface area contributed by atoms with Crippen LogP contribution in [0.2, 0.25) is 0 Å². The van der Waals surface area contributed by atoms with Crippen LogP contribution in [-0.4, -0.2) is 37.7 Å². The van der Waals surface area contributed by atoms with Crippen molar-refractivity contribution in [2.24, 2.45) is 4.99 Å². The molecule has 108 valence electrons. The molecule has 0 aliphatic carbocycles. The van der Waals surface area contributed by atoms with Gasteiger partial charge in [0.2, 0.25) is 0 Å². The summed E-state index contributed by atoms with van der Waals surface area (Å²) in [4.78, 5) is 10.3. The van der Waals surface area contributed by atoms with Crippen molar-refractivity contribution in [3.8, 4) is 0 Å². The van der Waals surface area contributed by atoms with E-state index in [-0.39, 0.29) is 0 Å². The van der Waals surface area contributed by atoms with Gasteiger partial charge in [0, 0.05) is 31.7 Å². The first-order chi connectivity index (χ1) is 9.17. The number of rotatable bonds is 7. The van der Waals surface area contributed by atoms with Gasteiger partial charge in [0.25, 0.3) is 0 Å². The molecule has 0 aliphatic rings. The molecule has 0 aromatic carbocycles. The molecule has 0 atom stereocenters. The van der Waals surface area contributed by atoms with Crippen molar-refractivity contribution in [2.75, 3.05) is 26.8 Å². The fraction of sp³-hybridized carbons (Fsp3) is 0.692. The predicted octanol–water partition coefficient (Wildman–Crippen LogP) is 1.85. The minimum Gasteiger partial charge on any atom is -0.385 e. The van der Waals surface area contributed by atoms with Gasteiger partial charge in [-0.2, -0.15) is 0 Å². The molecule has 1 heterocycles. The molecule has 0 amide bonds. The van der Waals surface area contributed by atoms with E-state index >= 15 is 0 Å². The number of aryl methyl sites for hydroxylation is 2. The third-order valence-electron chi connectivity index (χ3n) is 2.61. The average Bonchev–Trinajstić information content (AvgIpc) is 2.71. The summed E-state index contributed by atoms with van der Waals surface area (Å²) in [7, 11) is 1.71. The molecule has 0 radical (unpaired) electrons. The third kappa shape index (κ3) is 6.02. The summed E-state index contributed by atoms with van der Waals surface area (Å²) in [5.41, 5.74) is 1.10. The molecule has 1 rings (SSSR count). The quantitative estimate of drug-likeness (QED) is 0.456. The monoisotopic (exact) mass is 284 g/mol. The van der Waals surface area contributed by atoms with E-state index in [9.17, 15) is 0 Å². The summed E-state index contributed by atoms with van der Waals surface area (Å²) in [5, 5.41) is 7.57. The van der Waals surface area contributed by atoms with Gasteiger partial charge in [0.15, 0.2) is 5.96 Å². The van der Waals surface area contributed by atoms with Crippen molar-refractivity contribution in [3.63, 3.8) is 0 Å². The zero-order chi connectivity index (χ0) is 14.1. The van der Waals surface area contributed by atoms with Crippen LogP contribution in [0.3, 0.4) is 0 Å². The Balaban J connectivity index is 2.47. The van der Waals surface area contributed by atoms with Crippen molar-refractivity contribution in [3.05, 3.63) is 15.6 Å². The molecule has 0 aliphatic heterocycles. The maximum absolute atomic E-state index is 5.02. The van der Waals surface area contributed by atoms with E-state index in [0.29, 0.717) is 6.54 Å². The molecule has 0 saturated heterocycles. The van der Waals surface area contributed by atoms with Crippen LogP contribution in [0.4, 0.5) is 0 Å². The number of nitrogens with zero attached hydrogens (tertiary/aromatic N) is 2. The number of aliphatic imine (C=N–C) groups is 1. The maximum Gasteiger partial charge on any atom is 0.191 e. The zero-order valence-electron chi connectivity index (χ0n) is 12.2. The second-order valence-electron chi connectivity index (χ2n) is 4.22. The molecule has 5 nitrogen and oxygen atoms in total. The highest BCUT2D eigenvalue weighted by Crippen LogP contribution is 2.16. The molecule has 0 bridgehead atoms. The summed E-state index contributed by atoms with van der Waals surface area (Å²) in [5.74, 6) is 0.837. The SMILES string of the molecule is CCNC(=NCc1nc(C)c(C)s1)NCCCOC.